The number of nitrogens with zero attached hydrogens (tertiary/aromatic N) is 2. The monoisotopic (exact) mass is 508 g/mol. The summed E-state index contributed by atoms with van der Waals surface area (Å²) in [4.78, 5) is 4.35. The Morgan fingerprint density at radius 3 is 1.49 bits per heavy atom. The van der Waals surface area contributed by atoms with Crippen LogP contribution in [0.1, 0.15) is 179 Å². The van der Waals surface area contributed by atoms with E-state index in [0.29, 0.717) is 12.0 Å². The van der Waals surface area contributed by atoms with Gasteiger partial charge in [-0.15, -0.1) is 0 Å². The van der Waals surface area contributed by atoms with Gasteiger partial charge in [-0.05, 0) is 36.3 Å². The minimum Gasteiger partial charge on any atom is -0.330 e. The Kier molecular flexibility index (Phi) is 18.3. The molecule has 1 unspecified atom stereocenters. The summed E-state index contributed by atoms with van der Waals surface area (Å²) < 4.78 is 2.31. The molecule has 2 atom stereocenters. The topological polar surface area (TPSA) is 17.8 Å². The molecule has 1 heterocycles. The molecular formula is C35H60N2. The molecule has 0 N–H and O–H groups in total. The predicted octanol–water partition coefficient (Wildman–Crippen LogP) is 11.8. The van der Waals surface area contributed by atoms with E-state index in [2.05, 4.69) is 60.8 Å². The molecule has 0 amide bonds. The van der Waals surface area contributed by atoms with Gasteiger partial charge in [0.05, 0.1) is 12.4 Å². The van der Waals surface area contributed by atoms with E-state index in [1.54, 1.807) is 5.56 Å². The largest absolute Gasteiger partial charge is 0.330 e. The van der Waals surface area contributed by atoms with Crippen molar-refractivity contribution in [3.8, 4) is 0 Å². The molecule has 0 radical (unpaired) electrons. The van der Waals surface area contributed by atoms with Crippen LogP contribution >= 0.6 is 0 Å². The van der Waals surface area contributed by atoms with E-state index in [4.69, 9.17) is 0 Å². The maximum atomic E-state index is 4.35. The van der Waals surface area contributed by atoms with Crippen LogP contribution < -0.4 is 0 Å². The fraction of sp³-hybridized carbons (Fsp3) is 0.743. The zero-order valence-corrected chi connectivity index (χ0v) is 24.9. The molecule has 0 saturated heterocycles. The molecule has 0 fully saturated rings. The van der Waals surface area contributed by atoms with Crippen LogP contribution in [0.4, 0.5) is 0 Å². The molecule has 37 heavy (non-hydrogen) atoms. The van der Waals surface area contributed by atoms with Crippen molar-refractivity contribution in [1.82, 2.24) is 9.55 Å². The molecule has 2 heteroatoms. The Labute approximate surface area is 231 Å². The van der Waals surface area contributed by atoms with E-state index < -0.39 is 0 Å². The number of hydrogen-bond donors (Lipinski definition) is 0. The zero-order valence-electron chi connectivity index (χ0n) is 24.9. The third kappa shape index (κ3) is 13.2. The molecule has 0 aliphatic rings. The fourth-order valence-corrected chi connectivity index (χ4v) is 6.09. The number of imidazole rings is 1. The van der Waals surface area contributed by atoms with Crippen LogP contribution in [-0.4, -0.2) is 9.55 Å². The van der Waals surface area contributed by atoms with Crippen LogP contribution in [0.25, 0.3) is 0 Å². The highest BCUT2D eigenvalue weighted by Gasteiger charge is 2.20. The Morgan fingerprint density at radius 1 is 0.595 bits per heavy atom. The summed E-state index contributed by atoms with van der Waals surface area (Å²) in [6, 6.07) is 9.75. The fourth-order valence-electron chi connectivity index (χ4n) is 6.09. The predicted molar refractivity (Wildman–Crippen MR) is 164 cm³/mol. The Balaban J connectivity index is 1.88. The highest BCUT2D eigenvalue weighted by Crippen LogP contribution is 2.35. The molecule has 1 aromatic carbocycles. The van der Waals surface area contributed by atoms with Crippen molar-refractivity contribution in [2.24, 2.45) is 0 Å². The summed E-state index contributed by atoms with van der Waals surface area (Å²) in [5.74, 6) is 0.697. The van der Waals surface area contributed by atoms with Crippen LogP contribution in [0.15, 0.2) is 43.0 Å². The average Bonchev–Trinajstić information content (AvgIpc) is 3.45. The van der Waals surface area contributed by atoms with Gasteiger partial charge in [0.2, 0.25) is 0 Å². The summed E-state index contributed by atoms with van der Waals surface area (Å²) in [5, 5.41) is 0. The van der Waals surface area contributed by atoms with Crippen molar-refractivity contribution in [2.45, 2.75) is 168 Å². The van der Waals surface area contributed by atoms with Gasteiger partial charge in [-0.25, -0.2) is 4.98 Å². The van der Waals surface area contributed by atoms with E-state index in [1.807, 2.05) is 12.5 Å². The highest BCUT2D eigenvalue weighted by molar-refractivity contribution is 5.33. The van der Waals surface area contributed by atoms with Crippen LogP contribution in [0.2, 0.25) is 0 Å². The molecule has 2 aromatic rings. The number of aromatic nitrogens is 2. The smallest absolute Gasteiger partial charge is 0.0951 e. The van der Waals surface area contributed by atoms with Crippen molar-refractivity contribution in [1.29, 1.82) is 0 Å². The minimum absolute atomic E-state index is 0.396. The zero-order chi connectivity index (χ0) is 26.4. The summed E-state index contributed by atoms with van der Waals surface area (Å²) in [5.41, 5.74) is 3.14. The second-order valence-corrected chi connectivity index (χ2v) is 11.5. The Morgan fingerprint density at radius 2 is 1.05 bits per heavy atom. The van der Waals surface area contributed by atoms with Crippen LogP contribution in [0.3, 0.4) is 0 Å². The van der Waals surface area contributed by atoms with E-state index >= 15 is 0 Å². The number of benzene rings is 1. The van der Waals surface area contributed by atoms with Crippen molar-refractivity contribution >= 4 is 0 Å². The van der Waals surface area contributed by atoms with Gasteiger partial charge in [0.15, 0.2) is 0 Å². The Bertz CT molecular complexity index is 750. The lowest BCUT2D eigenvalue weighted by molar-refractivity contribution is 0.473. The van der Waals surface area contributed by atoms with Gasteiger partial charge in [-0.2, -0.15) is 0 Å². The molecule has 0 spiro atoms. The second-order valence-electron chi connectivity index (χ2n) is 11.5. The molecule has 1 aromatic heterocycles. The maximum absolute atomic E-state index is 4.35. The standard InChI is InChI=1S/C35H60N2/c1-4-7-9-11-13-14-15-16-18-20-22-26-32(25-21-19-17-12-10-8-5-2)33-27-23-24-28-34(33)35(6-3)37-30-29-36-31-37/h23-24,27-32,35H,4-22,25-26H2,1-3H3/t32-,35?/m0/s1. The molecule has 0 saturated carbocycles. The van der Waals surface area contributed by atoms with Crippen LogP contribution in [-0.2, 0) is 0 Å². The van der Waals surface area contributed by atoms with Gasteiger partial charge in [0, 0.05) is 12.4 Å². The van der Waals surface area contributed by atoms with Gasteiger partial charge >= 0.3 is 0 Å². The lowest BCUT2D eigenvalue weighted by Gasteiger charge is -2.26. The Hall–Kier alpha value is -1.57. The van der Waals surface area contributed by atoms with Gasteiger partial charge in [-0.1, -0.05) is 161 Å². The van der Waals surface area contributed by atoms with Gasteiger partial charge < -0.3 is 4.57 Å². The molecule has 0 bridgehead atoms. The molecule has 2 nitrogen and oxygen atoms in total. The number of unbranched alkanes of at least 4 members (excludes halogenated alkanes) is 16. The maximum Gasteiger partial charge on any atom is 0.0951 e. The average molecular weight is 509 g/mol. The minimum atomic E-state index is 0.396. The SMILES string of the molecule is CCCCCCCCCCCCC[C@H](CCCCCCCCC)c1ccccc1C(CC)n1ccnc1. The summed E-state index contributed by atoms with van der Waals surface area (Å²) in [6.45, 7) is 6.93. The summed E-state index contributed by atoms with van der Waals surface area (Å²) >= 11 is 0. The summed E-state index contributed by atoms with van der Waals surface area (Å²) in [7, 11) is 0. The first kappa shape index (κ1) is 31.6. The third-order valence-corrected chi connectivity index (χ3v) is 8.38. The first-order valence-corrected chi connectivity index (χ1v) is 16.4. The molecule has 2 rings (SSSR count). The number of rotatable bonds is 24. The first-order valence-electron chi connectivity index (χ1n) is 16.4. The van der Waals surface area contributed by atoms with E-state index in [9.17, 15) is 0 Å². The van der Waals surface area contributed by atoms with Crippen LogP contribution in [0, 0.1) is 0 Å². The van der Waals surface area contributed by atoms with Crippen molar-refractivity contribution in [2.75, 3.05) is 0 Å². The molecular weight excluding hydrogens is 448 g/mol. The first-order chi connectivity index (χ1) is 18.3. The second kappa shape index (κ2) is 21.4. The lowest BCUT2D eigenvalue weighted by Crippen LogP contribution is -2.13. The normalized spacial score (nSPS) is 13.2. The quantitative estimate of drug-likeness (QED) is 0.129. The van der Waals surface area contributed by atoms with Crippen LogP contribution in [0.5, 0.6) is 0 Å². The third-order valence-electron chi connectivity index (χ3n) is 8.38. The van der Waals surface area contributed by atoms with Crippen molar-refractivity contribution < 1.29 is 0 Å². The van der Waals surface area contributed by atoms with Gasteiger partial charge in [0.25, 0.3) is 0 Å². The van der Waals surface area contributed by atoms with Gasteiger partial charge in [-0.3, -0.25) is 0 Å². The molecule has 210 valence electrons. The summed E-state index contributed by atoms with van der Waals surface area (Å²) in [6.07, 6.45) is 35.3. The highest BCUT2D eigenvalue weighted by atomic mass is 15.0. The lowest BCUT2D eigenvalue weighted by atomic mass is 9.83. The van der Waals surface area contributed by atoms with Crippen molar-refractivity contribution in [3.05, 3.63) is 54.1 Å². The van der Waals surface area contributed by atoms with E-state index in [0.717, 1.165) is 6.42 Å². The van der Waals surface area contributed by atoms with Crippen molar-refractivity contribution in [3.63, 3.8) is 0 Å². The van der Waals surface area contributed by atoms with E-state index in [-0.39, 0.29) is 0 Å². The molecule has 0 aliphatic heterocycles. The van der Waals surface area contributed by atoms with Gasteiger partial charge in [0.1, 0.15) is 0 Å². The number of hydrogen-bond acceptors (Lipinski definition) is 1. The van der Waals surface area contributed by atoms with E-state index in [1.165, 1.54) is 134 Å². The molecule has 0 aliphatic carbocycles.